The van der Waals surface area contributed by atoms with Crippen molar-refractivity contribution in [2.24, 2.45) is 23.2 Å². The lowest BCUT2D eigenvalue weighted by molar-refractivity contribution is -0.138. The number of nitrogens with zero attached hydrogens (tertiary/aromatic N) is 2. The molecule has 1 aliphatic rings. The van der Waals surface area contributed by atoms with E-state index < -0.39 is 32.8 Å². The van der Waals surface area contributed by atoms with Crippen LogP contribution < -0.4 is 10.9 Å². The number of carbonyl (C=O) groups is 1. The molecule has 2 rings (SSSR count). The second kappa shape index (κ2) is 7.26. The molecule has 152 valence electrons. The van der Waals surface area contributed by atoms with Crippen molar-refractivity contribution in [3.8, 4) is 0 Å². The van der Waals surface area contributed by atoms with Crippen LogP contribution in [0.25, 0.3) is 0 Å². The average molecular weight is 400 g/mol. The number of aliphatic carboxylic acids is 1. The van der Waals surface area contributed by atoms with E-state index in [9.17, 15) is 18.0 Å². The Balaban J connectivity index is 2.46. The van der Waals surface area contributed by atoms with Crippen molar-refractivity contribution in [3.63, 3.8) is 0 Å². The second-order valence-corrected chi connectivity index (χ2v) is 10.3. The number of hydrogen-bond donors (Lipinski definition) is 2. The minimum Gasteiger partial charge on any atom is -0.480 e. The standard InChI is InChI=1S/C18H29N3O5S/c1-10-7-13(11(2)12(3)18(10,4)5)20-14-8-19-21(9-15(22)23)17(24)16(14)27(6,25)26/h8,10-13,20H,7,9H2,1-6H3,(H,22,23)/t10-,11+,12+,13+/m0/s1. The zero-order valence-corrected chi connectivity index (χ0v) is 17.5. The van der Waals surface area contributed by atoms with E-state index in [1.54, 1.807) is 0 Å². The van der Waals surface area contributed by atoms with Gasteiger partial charge >= 0.3 is 5.97 Å². The molecule has 0 aromatic carbocycles. The van der Waals surface area contributed by atoms with Gasteiger partial charge in [0, 0.05) is 12.3 Å². The van der Waals surface area contributed by atoms with Crippen molar-refractivity contribution >= 4 is 21.5 Å². The maximum atomic E-state index is 12.5. The molecule has 2 N–H and O–H groups in total. The number of anilines is 1. The zero-order chi connectivity index (χ0) is 20.7. The molecule has 0 radical (unpaired) electrons. The summed E-state index contributed by atoms with van der Waals surface area (Å²) in [4.78, 5) is 23.0. The van der Waals surface area contributed by atoms with Crippen molar-refractivity contribution in [1.29, 1.82) is 0 Å². The van der Waals surface area contributed by atoms with Crippen molar-refractivity contribution < 1.29 is 18.3 Å². The summed E-state index contributed by atoms with van der Waals surface area (Å²) in [6, 6.07) is -0.0138. The monoisotopic (exact) mass is 399 g/mol. The summed E-state index contributed by atoms with van der Waals surface area (Å²) in [6.45, 7) is 10.3. The van der Waals surface area contributed by atoms with Gasteiger partial charge in [0.2, 0.25) is 0 Å². The minimum absolute atomic E-state index is 0.0138. The summed E-state index contributed by atoms with van der Waals surface area (Å²) in [5, 5.41) is 16.0. The van der Waals surface area contributed by atoms with Crippen LogP contribution in [0, 0.1) is 23.2 Å². The van der Waals surface area contributed by atoms with E-state index in [0.29, 0.717) is 16.5 Å². The molecule has 0 amide bonds. The highest BCUT2D eigenvalue weighted by molar-refractivity contribution is 7.90. The van der Waals surface area contributed by atoms with E-state index in [-0.39, 0.29) is 23.1 Å². The summed E-state index contributed by atoms with van der Waals surface area (Å²) in [5.74, 6) is -0.218. The lowest BCUT2D eigenvalue weighted by atomic mass is 9.58. The lowest BCUT2D eigenvalue weighted by Crippen LogP contribution is -2.48. The van der Waals surface area contributed by atoms with E-state index in [0.717, 1.165) is 12.7 Å². The fourth-order valence-electron chi connectivity index (χ4n) is 3.94. The average Bonchev–Trinajstić information content (AvgIpc) is 2.52. The number of carboxylic acids is 1. The van der Waals surface area contributed by atoms with Crippen LogP contribution in [0.4, 0.5) is 5.69 Å². The summed E-state index contributed by atoms with van der Waals surface area (Å²) in [7, 11) is -3.87. The number of carboxylic acid groups (broad SMARTS) is 1. The molecule has 0 spiro atoms. The van der Waals surface area contributed by atoms with Crippen molar-refractivity contribution in [2.75, 3.05) is 11.6 Å². The van der Waals surface area contributed by atoms with Crippen LogP contribution in [0.5, 0.6) is 0 Å². The van der Waals surface area contributed by atoms with E-state index in [2.05, 4.69) is 45.0 Å². The molecule has 1 aliphatic carbocycles. The van der Waals surface area contributed by atoms with E-state index in [4.69, 9.17) is 5.11 Å². The van der Waals surface area contributed by atoms with Gasteiger partial charge in [0.25, 0.3) is 5.56 Å². The second-order valence-electron chi connectivity index (χ2n) is 8.37. The fraction of sp³-hybridized carbons (Fsp3) is 0.722. The molecule has 0 unspecified atom stereocenters. The maximum absolute atomic E-state index is 12.5. The smallest absolute Gasteiger partial charge is 0.325 e. The van der Waals surface area contributed by atoms with Gasteiger partial charge < -0.3 is 10.4 Å². The van der Waals surface area contributed by atoms with Gasteiger partial charge in [-0.15, -0.1) is 0 Å². The number of rotatable bonds is 5. The molecular formula is C18H29N3O5S. The Labute approximate surface area is 159 Å². The SMILES string of the molecule is C[C@@H]1[C@@H](C)C(C)(C)[C@@H](C)C[C@H]1Nc1cnn(CC(=O)O)c(=O)c1S(C)(=O)=O. The van der Waals surface area contributed by atoms with Crippen LogP contribution >= 0.6 is 0 Å². The van der Waals surface area contributed by atoms with Gasteiger partial charge in [-0.1, -0.05) is 34.6 Å². The molecule has 1 aromatic heterocycles. The highest BCUT2D eigenvalue weighted by Crippen LogP contribution is 2.48. The topological polar surface area (TPSA) is 118 Å². The van der Waals surface area contributed by atoms with E-state index >= 15 is 0 Å². The third-order valence-electron chi connectivity index (χ3n) is 6.47. The van der Waals surface area contributed by atoms with Crippen molar-refractivity contribution in [1.82, 2.24) is 9.78 Å². The number of hydrogen-bond acceptors (Lipinski definition) is 6. The first-order valence-corrected chi connectivity index (χ1v) is 10.9. The Bertz CT molecular complexity index is 891. The maximum Gasteiger partial charge on any atom is 0.325 e. The first kappa shape index (κ1) is 21.4. The Morgan fingerprint density at radius 2 is 1.96 bits per heavy atom. The molecule has 1 heterocycles. The summed E-state index contributed by atoms with van der Waals surface area (Å²) in [5.41, 5.74) is -0.629. The Morgan fingerprint density at radius 1 is 1.37 bits per heavy atom. The molecule has 9 heteroatoms. The Morgan fingerprint density at radius 3 is 2.48 bits per heavy atom. The van der Waals surface area contributed by atoms with E-state index in [1.807, 2.05) is 0 Å². The largest absolute Gasteiger partial charge is 0.480 e. The molecule has 27 heavy (non-hydrogen) atoms. The van der Waals surface area contributed by atoms with Crippen LogP contribution in [0.15, 0.2) is 15.9 Å². The number of aromatic nitrogens is 2. The fourth-order valence-corrected chi connectivity index (χ4v) is 4.87. The molecule has 0 aliphatic heterocycles. The zero-order valence-electron chi connectivity index (χ0n) is 16.7. The van der Waals surface area contributed by atoms with Gasteiger partial charge in [0.1, 0.15) is 6.54 Å². The molecular weight excluding hydrogens is 370 g/mol. The third kappa shape index (κ3) is 4.17. The molecule has 8 nitrogen and oxygen atoms in total. The molecule has 1 saturated carbocycles. The Hall–Kier alpha value is -1.90. The predicted octanol–water partition coefficient (Wildman–Crippen LogP) is 1.85. The molecule has 0 bridgehead atoms. The quantitative estimate of drug-likeness (QED) is 0.775. The highest BCUT2D eigenvalue weighted by atomic mass is 32.2. The normalized spacial score (nSPS) is 27.9. The van der Waals surface area contributed by atoms with Crippen molar-refractivity contribution in [2.45, 2.75) is 58.5 Å². The van der Waals surface area contributed by atoms with Crippen LogP contribution in [-0.2, 0) is 21.2 Å². The van der Waals surface area contributed by atoms with Gasteiger partial charge in [-0.25, -0.2) is 13.1 Å². The highest BCUT2D eigenvalue weighted by Gasteiger charge is 2.44. The number of nitrogens with one attached hydrogen (secondary N) is 1. The first-order valence-electron chi connectivity index (χ1n) is 9.05. The number of sulfone groups is 1. The van der Waals surface area contributed by atoms with Gasteiger partial charge in [-0.3, -0.25) is 9.59 Å². The predicted molar refractivity (Wildman–Crippen MR) is 103 cm³/mol. The van der Waals surface area contributed by atoms with Gasteiger partial charge in [0.15, 0.2) is 14.7 Å². The summed E-state index contributed by atoms with van der Waals surface area (Å²) >= 11 is 0. The Kier molecular flexibility index (Phi) is 5.75. The minimum atomic E-state index is -3.87. The molecule has 1 fully saturated rings. The molecule has 0 saturated heterocycles. The van der Waals surface area contributed by atoms with Crippen LogP contribution in [0.3, 0.4) is 0 Å². The molecule has 4 atom stereocenters. The van der Waals surface area contributed by atoms with Crippen LogP contribution in [0.1, 0.15) is 41.0 Å². The third-order valence-corrected chi connectivity index (χ3v) is 7.61. The van der Waals surface area contributed by atoms with Crippen LogP contribution in [-0.4, -0.2) is 41.6 Å². The van der Waals surface area contributed by atoms with E-state index in [1.165, 1.54) is 6.20 Å². The summed E-state index contributed by atoms with van der Waals surface area (Å²) in [6.07, 6.45) is 3.02. The first-order chi connectivity index (χ1) is 12.3. The van der Waals surface area contributed by atoms with Gasteiger partial charge in [-0.2, -0.15) is 5.10 Å². The van der Waals surface area contributed by atoms with Crippen LogP contribution in [0.2, 0.25) is 0 Å². The van der Waals surface area contributed by atoms with Gasteiger partial charge in [0.05, 0.1) is 11.9 Å². The summed E-state index contributed by atoms with van der Waals surface area (Å²) < 4.78 is 25.1. The molecule has 1 aromatic rings. The lowest BCUT2D eigenvalue weighted by Gasteiger charge is -2.50. The van der Waals surface area contributed by atoms with Gasteiger partial charge in [-0.05, 0) is 29.6 Å². The van der Waals surface area contributed by atoms with Crippen molar-refractivity contribution in [3.05, 3.63) is 16.6 Å².